The lowest BCUT2D eigenvalue weighted by Gasteiger charge is -2.22. The molecular weight excluding hydrogens is 164 g/mol. The van der Waals surface area contributed by atoms with Gasteiger partial charge in [0.25, 0.3) is 0 Å². The third-order valence-corrected chi connectivity index (χ3v) is 2.57. The van der Waals surface area contributed by atoms with Gasteiger partial charge in [-0.25, -0.2) is 0 Å². The van der Waals surface area contributed by atoms with E-state index in [0.717, 1.165) is 18.8 Å². The van der Waals surface area contributed by atoms with Crippen molar-refractivity contribution in [2.75, 3.05) is 0 Å². The first-order valence-electron chi connectivity index (χ1n) is 4.95. The van der Waals surface area contributed by atoms with Gasteiger partial charge in [0.2, 0.25) is 0 Å². The van der Waals surface area contributed by atoms with E-state index in [-0.39, 0.29) is 12.1 Å². The second kappa shape index (κ2) is 4.45. The summed E-state index contributed by atoms with van der Waals surface area (Å²) in [5.41, 5.74) is 1.29. The highest BCUT2D eigenvalue weighted by Gasteiger charge is 2.16. The average molecular weight is 182 g/mol. The molecule has 0 radical (unpaired) electrons. The molecule has 74 valence electrons. The van der Waals surface area contributed by atoms with Crippen LogP contribution in [-0.2, 0) is 9.53 Å². The molecule has 2 heteroatoms. The van der Waals surface area contributed by atoms with Crippen LogP contribution >= 0.6 is 0 Å². The van der Waals surface area contributed by atoms with Crippen LogP contribution < -0.4 is 0 Å². The Kier molecular flexibility index (Phi) is 3.52. The number of ether oxygens (including phenoxy) is 1. The minimum absolute atomic E-state index is 0.0231. The van der Waals surface area contributed by atoms with Crippen molar-refractivity contribution in [2.24, 2.45) is 5.92 Å². The van der Waals surface area contributed by atoms with E-state index in [0.29, 0.717) is 0 Å². The van der Waals surface area contributed by atoms with Crippen molar-refractivity contribution in [1.29, 1.82) is 0 Å². The normalized spacial score (nSPS) is 24.8. The Morgan fingerprint density at radius 3 is 2.85 bits per heavy atom. The lowest BCUT2D eigenvalue weighted by Crippen LogP contribution is -2.17. The Hall–Kier alpha value is -0.790. The third kappa shape index (κ3) is 3.21. The number of hydrogen-bond donors (Lipinski definition) is 0. The molecule has 2 nitrogen and oxygen atoms in total. The molecule has 0 aromatic heterocycles. The van der Waals surface area contributed by atoms with Crippen molar-refractivity contribution in [1.82, 2.24) is 0 Å². The fraction of sp³-hybridized carbons (Fsp3) is 0.727. The molecule has 0 bridgehead atoms. The zero-order valence-corrected chi connectivity index (χ0v) is 8.67. The van der Waals surface area contributed by atoms with E-state index in [2.05, 4.69) is 13.0 Å². The summed E-state index contributed by atoms with van der Waals surface area (Å²) in [6, 6.07) is 0. The van der Waals surface area contributed by atoms with Gasteiger partial charge in [-0.1, -0.05) is 13.0 Å². The number of carbonyl (C=O) groups is 1. The molecule has 0 saturated carbocycles. The fourth-order valence-corrected chi connectivity index (χ4v) is 1.68. The number of allylic oxidation sites excluding steroid dienone is 1. The lowest BCUT2D eigenvalue weighted by molar-refractivity contribution is -0.143. The van der Waals surface area contributed by atoms with Crippen LogP contribution in [0.4, 0.5) is 0 Å². The molecular formula is C11H18O2. The highest BCUT2D eigenvalue weighted by atomic mass is 16.5. The van der Waals surface area contributed by atoms with Gasteiger partial charge in [-0.3, -0.25) is 4.79 Å². The van der Waals surface area contributed by atoms with Crippen molar-refractivity contribution in [3.8, 4) is 0 Å². The highest BCUT2D eigenvalue weighted by Crippen LogP contribution is 2.25. The van der Waals surface area contributed by atoms with Crippen LogP contribution in [0.5, 0.6) is 0 Å². The summed E-state index contributed by atoms with van der Waals surface area (Å²) in [5, 5.41) is 0. The lowest BCUT2D eigenvalue weighted by atomic mass is 9.89. The molecule has 1 aliphatic rings. The van der Waals surface area contributed by atoms with Crippen LogP contribution in [0.3, 0.4) is 0 Å². The van der Waals surface area contributed by atoms with Crippen LogP contribution in [0.15, 0.2) is 11.6 Å². The fourth-order valence-electron chi connectivity index (χ4n) is 1.68. The summed E-state index contributed by atoms with van der Waals surface area (Å²) in [6.07, 6.45) is 5.63. The molecule has 0 aromatic rings. The summed E-state index contributed by atoms with van der Waals surface area (Å²) in [5.74, 6) is 0.597. The third-order valence-electron chi connectivity index (χ3n) is 2.57. The summed E-state index contributed by atoms with van der Waals surface area (Å²) in [7, 11) is 0. The van der Waals surface area contributed by atoms with E-state index in [1.54, 1.807) is 0 Å². The van der Waals surface area contributed by atoms with Gasteiger partial charge < -0.3 is 4.74 Å². The number of esters is 1. The van der Waals surface area contributed by atoms with Crippen molar-refractivity contribution < 1.29 is 9.53 Å². The number of hydrogen-bond acceptors (Lipinski definition) is 2. The molecule has 0 spiro atoms. The molecule has 1 rings (SSSR count). The first-order chi connectivity index (χ1) is 6.09. The molecule has 0 aliphatic heterocycles. The monoisotopic (exact) mass is 182 g/mol. The maximum absolute atomic E-state index is 10.7. The maximum Gasteiger partial charge on any atom is 0.303 e. The second-order valence-corrected chi connectivity index (χ2v) is 3.91. The highest BCUT2D eigenvalue weighted by molar-refractivity contribution is 5.66. The van der Waals surface area contributed by atoms with Gasteiger partial charge >= 0.3 is 5.97 Å². The molecule has 0 amide bonds. The molecule has 0 aromatic carbocycles. The van der Waals surface area contributed by atoms with E-state index in [1.807, 2.05) is 6.92 Å². The van der Waals surface area contributed by atoms with Gasteiger partial charge in [-0.05, 0) is 37.7 Å². The molecule has 0 fully saturated rings. The summed E-state index contributed by atoms with van der Waals surface area (Å²) < 4.78 is 5.12. The SMILES string of the molecule is CC(=O)OC(C)C1=CC[C@H](C)CC1. The van der Waals surface area contributed by atoms with Crippen LogP contribution in [0, 0.1) is 5.92 Å². The van der Waals surface area contributed by atoms with E-state index in [1.165, 1.54) is 18.9 Å². The smallest absolute Gasteiger partial charge is 0.303 e. The van der Waals surface area contributed by atoms with Crippen molar-refractivity contribution in [2.45, 2.75) is 46.1 Å². The largest absolute Gasteiger partial charge is 0.458 e. The Morgan fingerprint density at radius 1 is 1.69 bits per heavy atom. The first-order valence-corrected chi connectivity index (χ1v) is 4.95. The van der Waals surface area contributed by atoms with Gasteiger partial charge in [-0.2, -0.15) is 0 Å². The number of rotatable bonds is 2. The Labute approximate surface area is 80.0 Å². The van der Waals surface area contributed by atoms with Crippen molar-refractivity contribution in [3.05, 3.63) is 11.6 Å². The molecule has 1 aliphatic carbocycles. The molecule has 13 heavy (non-hydrogen) atoms. The minimum Gasteiger partial charge on any atom is -0.458 e. The van der Waals surface area contributed by atoms with Gasteiger partial charge in [0.05, 0.1) is 0 Å². The van der Waals surface area contributed by atoms with Crippen molar-refractivity contribution in [3.63, 3.8) is 0 Å². The predicted octanol–water partition coefficient (Wildman–Crippen LogP) is 2.68. The van der Waals surface area contributed by atoms with Crippen LogP contribution in [0.1, 0.15) is 40.0 Å². The minimum atomic E-state index is -0.188. The Balaban J connectivity index is 2.47. The van der Waals surface area contributed by atoms with Gasteiger partial charge in [-0.15, -0.1) is 0 Å². The zero-order chi connectivity index (χ0) is 9.84. The molecule has 0 N–H and O–H groups in total. The summed E-state index contributed by atoms with van der Waals surface area (Å²) >= 11 is 0. The van der Waals surface area contributed by atoms with Gasteiger partial charge in [0, 0.05) is 6.92 Å². The molecule has 1 unspecified atom stereocenters. The first kappa shape index (κ1) is 10.3. The summed E-state index contributed by atoms with van der Waals surface area (Å²) in [4.78, 5) is 10.7. The summed E-state index contributed by atoms with van der Waals surface area (Å²) in [6.45, 7) is 5.66. The predicted molar refractivity (Wildman–Crippen MR) is 52.3 cm³/mol. The standard InChI is InChI=1S/C11H18O2/c1-8-4-6-11(7-5-8)9(2)13-10(3)12/h6,8-9H,4-5,7H2,1-3H3/t8-,9?/m0/s1. The Bertz CT molecular complexity index is 218. The van der Waals surface area contributed by atoms with Crippen molar-refractivity contribution >= 4 is 5.97 Å². The van der Waals surface area contributed by atoms with Crippen LogP contribution in [0.25, 0.3) is 0 Å². The van der Waals surface area contributed by atoms with Gasteiger partial charge in [0.1, 0.15) is 6.10 Å². The van der Waals surface area contributed by atoms with Crippen LogP contribution in [0.2, 0.25) is 0 Å². The Morgan fingerprint density at radius 2 is 2.38 bits per heavy atom. The molecule has 0 saturated heterocycles. The second-order valence-electron chi connectivity index (χ2n) is 3.91. The van der Waals surface area contributed by atoms with E-state index in [9.17, 15) is 4.79 Å². The molecule has 2 atom stereocenters. The van der Waals surface area contributed by atoms with E-state index < -0.39 is 0 Å². The number of carbonyl (C=O) groups excluding carboxylic acids is 1. The maximum atomic E-state index is 10.7. The average Bonchev–Trinajstić information content (AvgIpc) is 2.04. The molecule has 0 heterocycles. The van der Waals surface area contributed by atoms with Gasteiger partial charge in [0.15, 0.2) is 0 Å². The van der Waals surface area contributed by atoms with E-state index in [4.69, 9.17) is 4.74 Å². The van der Waals surface area contributed by atoms with Crippen LogP contribution in [-0.4, -0.2) is 12.1 Å². The van der Waals surface area contributed by atoms with E-state index >= 15 is 0 Å². The quantitative estimate of drug-likeness (QED) is 0.485. The topological polar surface area (TPSA) is 26.3 Å². The zero-order valence-electron chi connectivity index (χ0n) is 8.67.